The molecule has 1 fully saturated rings. The zero-order valence-electron chi connectivity index (χ0n) is 13.3. The molecule has 1 heterocycles. The van der Waals surface area contributed by atoms with E-state index in [-0.39, 0.29) is 10.1 Å². The maximum atomic E-state index is 13.0. The third-order valence-corrected chi connectivity index (χ3v) is 4.61. The van der Waals surface area contributed by atoms with Gasteiger partial charge in [-0.05, 0) is 39.3 Å². The molecule has 0 N–H and O–H groups in total. The molecule has 0 bridgehead atoms. The fraction of sp³-hybridized carbons (Fsp3) is 0.562. The second-order valence-corrected chi connectivity index (χ2v) is 7.79. The molecule has 0 spiro atoms. The Kier molecular flexibility index (Phi) is 5.18. The lowest BCUT2D eigenvalue weighted by atomic mass is 10.2. The largest absolute Gasteiger partial charge is 0.444 e. The fourth-order valence-corrected chi connectivity index (χ4v) is 3.60. The molecule has 1 atom stereocenters. The fourth-order valence-electron chi connectivity index (χ4n) is 2.30. The van der Waals surface area contributed by atoms with E-state index in [4.69, 9.17) is 4.74 Å². The molecule has 23 heavy (non-hydrogen) atoms. The van der Waals surface area contributed by atoms with Crippen LogP contribution in [0.15, 0.2) is 29.2 Å². The third-order valence-electron chi connectivity index (χ3n) is 3.28. The number of hydrogen-bond donors (Lipinski definition) is 0. The van der Waals surface area contributed by atoms with Gasteiger partial charge in [0, 0.05) is 23.2 Å². The Morgan fingerprint density at radius 1 is 1.26 bits per heavy atom. The van der Waals surface area contributed by atoms with Gasteiger partial charge in [-0.2, -0.15) is 13.2 Å². The summed E-state index contributed by atoms with van der Waals surface area (Å²) >= 11 is 1.17. The number of amides is 1. The van der Waals surface area contributed by atoms with Crippen LogP contribution < -0.4 is 0 Å². The van der Waals surface area contributed by atoms with E-state index in [2.05, 4.69) is 0 Å². The Morgan fingerprint density at radius 3 is 2.52 bits per heavy atom. The predicted octanol–water partition coefficient (Wildman–Crippen LogP) is 4.81. The average Bonchev–Trinajstić information content (AvgIpc) is 2.85. The highest BCUT2D eigenvalue weighted by molar-refractivity contribution is 8.00. The molecule has 0 radical (unpaired) electrons. The molecule has 0 aliphatic carbocycles. The van der Waals surface area contributed by atoms with Gasteiger partial charge in [-0.3, -0.25) is 0 Å². The lowest BCUT2D eigenvalue weighted by molar-refractivity contribution is -0.139. The number of rotatable bonds is 2. The number of carbonyl (C=O) groups excluding carboxylic acids is 1. The van der Waals surface area contributed by atoms with Crippen LogP contribution in [0.2, 0.25) is 0 Å². The number of alkyl halides is 3. The van der Waals surface area contributed by atoms with Crippen LogP contribution in [-0.2, 0) is 10.9 Å². The topological polar surface area (TPSA) is 29.5 Å². The van der Waals surface area contributed by atoms with E-state index >= 15 is 0 Å². The van der Waals surface area contributed by atoms with Gasteiger partial charge in [0.25, 0.3) is 0 Å². The number of benzene rings is 1. The van der Waals surface area contributed by atoms with Crippen molar-refractivity contribution in [1.29, 1.82) is 0 Å². The van der Waals surface area contributed by atoms with E-state index in [0.29, 0.717) is 19.5 Å². The quantitative estimate of drug-likeness (QED) is 0.769. The summed E-state index contributed by atoms with van der Waals surface area (Å²) in [6, 6.07) is 5.54. The summed E-state index contributed by atoms with van der Waals surface area (Å²) in [6.07, 6.45) is -4.13. The first-order valence-corrected chi connectivity index (χ1v) is 8.25. The summed E-state index contributed by atoms with van der Waals surface area (Å²) < 4.78 is 44.3. The van der Waals surface area contributed by atoms with Crippen molar-refractivity contribution >= 4 is 17.9 Å². The van der Waals surface area contributed by atoms with Crippen molar-refractivity contribution in [2.24, 2.45) is 0 Å². The maximum absolute atomic E-state index is 13.0. The smallest absolute Gasteiger partial charge is 0.417 e. The number of halogens is 3. The SMILES string of the molecule is CC(C)(C)OC(=O)N1CCC(Sc2ccccc2C(F)(F)F)C1. The van der Waals surface area contributed by atoms with E-state index in [9.17, 15) is 18.0 Å². The zero-order chi connectivity index (χ0) is 17.3. The summed E-state index contributed by atoms with van der Waals surface area (Å²) in [6.45, 7) is 6.25. The summed E-state index contributed by atoms with van der Waals surface area (Å²) in [7, 11) is 0. The van der Waals surface area contributed by atoms with E-state index < -0.39 is 23.4 Å². The Hall–Kier alpha value is -1.37. The summed E-state index contributed by atoms with van der Waals surface area (Å²) in [5, 5.41) is -0.0639. The number of thioether (sulfide) groups is 1. The van der Waals surface area contributed by atoms with Crippen molar-refractivity contribution in [1.82, 2.24) is 4.90 Å². The van der Waals surface area contributed by atoms with Gasteiger partial charge in [0.1, 0.15) is 5.60 Å². The number of hydrogen-bond acceptors (Lipinski definition) is 3. The highest BCUT2D eigenvalue weighted by atomic mass is 32.2. The highest BCUT2D eigenvalue weighted by Gasteiger charge is 2.35. The molecular formula is C16H20F3NO2S. The molecule has 128 valence electrons. The Balaban J connectivity index is 2.00. The summed E-state index contributed by atoms with van der Waals surface area (Å²) in [4.78, 5) is 13.8. The van der Waals surface area contributed by atoms with Gasteiger partial charge in [0.05, 0.1) is 5.56 Å². The van der Waals surface area contributed by atoms with E-state index in [1.165, 1.54) is 23.9 Å². The first-order valence-electron chi connectivity index (χ1n) is 7.37. The monoisotopic (exact) mass is 347 g/mol. The lowest BCUT2D eigenvalue weighted by Crippen LogP contribution is -2.35. The van der Waals surface area contributed by atoms with Gasteiger partial charge < -0.3 is 9.64 Å². The van der Waals surface area contributed by atoms with E-state index in [1.807, 2.05) is 0 Å². The molecule has 1 saturated heterocycles. The predicted molar refractivity (Wildman–Crippen MR) is 83.5 cm³/mol. The van der Waals surface area contributed by atoms with Gasteiger partial charge in [-0.15, -0.1) is 11.8 Å². The first kappa shape index (κ1) is 18.0. The molecule has 1 amide bonds. The Bertz CT molecular complexity index is 569. The van der Waals surface area contributed by atoms with Crippen molar-refractivity contribution in [3.8, 4) is 0 Å². The van der Waals surface area contributed by atoms with E-state index in [0.717, 1.165) is 6.07 Å². The van der Waals surface area contributed by atoms with E-state index in [1.54, 1.807) is 31.7 Å². The molecular weight excluding hydrogens is 327 g/mol. The van der Waals surface area contributed by atoms with Crippen LogP contribution in [0.1, 0.15) is 32.8 Å². The van der Waals surface area contributed by atoms with Crippen LogP contribution in [0, 0.1) is 0 Å². The number of likely N-dealkylation sites (tertiary alicyclic amines) is 1. The van der Waals surface area contributed by atoms with Gasteiger partial charge in [0.15, 0.2) is 0 Å². The van der Waals surface area contributed by atoms with Crippen molar-refractivity contribution in [3.63, 3.8) is 0 Å². The molecule has 3 nitrogen and oxygen atoms in total. The van der Waals surface area contributed by atoms with Gasteiger partial charge >= 0.3 is 12.3 Å². The normalized spacial score (nSPS) is 19.0. The Labute approximate surface area is 138 Å². The molecule has 0 saturated carbocycles. The van der Waals surface area contributed by atoms with Gasteiger partial charge in [0.2, 0.25) is 0 Å². The summed E-state index contributed by atoms with van der Waals surface area (Å²) in [5.41, 5.74) is -1.20. The molecule has 1 unspecified atom stereocenters. The van der Waals surface area contributed by atoms with Crippen LogP contribution >= 0.6 is 11.8 Å². The molecule has 2 rings (SSSR count). The minimum absolute atomic E-state index is 0.0639. The molecule has 1 aromatic carbocycles. The van der Waals surface area contributed by atoms with Crippen LogP contribution in [0.25, 0.3) is 0 Å². The number of carbonyl (C=O) groups is 1. The highest BCUT2D eigenvalue weighted by Crippen LogP contribution is 2.39. The molecule has 0 aromatic heterocycles. The first-order chi connectivity index (χ1) is 10.6. The Morgan fingerprint density at radius 2 is 1.91 bits per heavy atom. The maximum Gasteiger partial charge on any atom is 0.417 e. The summed E-state index contributed by atoms with van der Waals surface area (Å²) in [5.74, 6) is 0. The van der Waals surface area contributed by atoms with Gasteiger partial charge in [-0.25, -0.2) is 4.79 Å². The second kappa shape index (κ2) is 6.63. The van der Waals surface area contributed by atoms with Crippen molar-refractivity contribution in [2.45, 2.75) is 49.1 Å². The lowest BCUT2D eigenvalue weighted by Gasteiger charge is -2.24. The molecule has 7 heteroatoms. The van der Waals surface area contributed by atoms with Crippen molar-refractivity contribution < 1.29 is 22.7 Å². The molecule has 1 aliphatic rings. The second-order valence-electron chi connectivity index (χ2n) is 6.45. The average molecular weight is 347 g/mol. The minimum Gasteiger partial charge on any atom is -0.444 e. The zero-order valence-corrected chi connectivity index (χ0v) is 14.1. The van der Waals surface area contributed by atoms with Crippen LogP contribution in [-0.4, -0.2) is 34.9 Å². The van der Waals surface area contributed by atoms with Crippen LogP contribution in [0.4, 0.5) is 18.0 Å². The molecule has 1 aromatic rings. The number of ether oxygens (including phenoxy) is 1. The minimum atomic E-state index is -4.37. The van der Waals surface area contributed by atoms with Crippen molar-refractivity contribution in [3.05, 3.63) is 29.8 Å². The van der Waals surface area contributed by atoms with Crippen molar-refractivity contribution in [2.75, 3.05) is 13.1 Å². The number of nitrogens with zero attached hydrogens (tertiary/aromatic N) is 1. The van der Waals surface area contributed by atoms with Crippen LogP contribution in [0.5, 0.6) is 0 Å². The third kappa shape index (κ3) is 5.06. The molecule has 1 aliphatic heterocycles. The van der Waals surface area contributed by atoms with Crippen LogP contribution in [0.3, 0.4) is 0 Å². The van der Waals surface area contributed by atoms with Gasteiger partial charge in [-0.1, -0.05) is 12.1 Å². The standard InChI is InChI=1S/C16H20F3NO2S/c1-15(2,3)22-14(21)20-9-8-11(10-20)23-13-7-5-4-6-12(13)16(17,18)19/h4-7,11H,8-10H2,1-3H3.